The van der Waals surface area contributed by atoms with E-state index < -0.39 is 5.97 Å². The van der Waals surface area contributed by atoms with Gasteiger partial charge in [-0.2, -0.15) is 0 Å². The topological polar surface area (TPSA) is 37.3 Å². The first-order valence-electron chi connectivity index (χ1n) is 11.4. The second-order valence-electron chi connectivity index (χ2n) is 5.18. The van der Waals surface area contributed by atoms with E-state index in [-0.39, 0.29) is 68.4 Å². The van der Waals surface area contributed by atoms with E-state index >= 15 is 0 Å². The molecule has 0 bridgehead atoms. The van der Waals surface area contributed by atoms with Gasteiger partial charge in [0.1, 0.15) is 0 Å². The molecule has 0 saturated heterocycles. The van der Waals surface area contributed by atoms with Crippen LogP contribution in [0.4, 0.5) is 0 Å². The molecule has 0 aliphatic carbocycles. The zero-order valence-electron chi connectivity index (χ0n) is 19.8. The number of carboxylic acids is 1. The summed E-state index contributed by atoms with van der Waals surface area (Å²) in [5.41, 5.74) is 0. The number of carboxylic acid groups (broad SMARTS) is 1. The van der Waals surface area contributed by atoms with Gasteiger partial charge < -0.3 is 5.11 Å². The zero-order chi connectivity index (χ0) is 21.5. The Bertz CT molecular complexity index is 581. The van der Waals surface area contributed by atoms with Crippen molar-refractivity contribution in [2.24, 2.45) is 0 Å². The quantitative estimate of drug-likeness (QED) is 0.279. The summed E-state index contributed by atoms with van der Waals surface area (Å²) in [5.74, 6) is -0.948. The summed E-state index contributed by atoms with van der Waals surface area (Å²) in [7, 11) is 0. The van der Waals surface area contributed by atoms with Gasteiger partial charge in [0, 0.05) is 6.42 Å². The van der Waals surface area contributed by atoms with Crippen LogP contribution in [0.5, 0.6) is 0 Å². The molecule has 2 heteroatoms. The van der Waals surface area contributed by atoms with Gasteiger partial charge >= 0.3 is 5.97 Å². The van der Waals surface area contributed by atoms with E-state index in [1.54, 1.807) is 0 Å². The molecule has 0 spiro atoms. The van der Waals surface area contributed by atoms with Crippen molar-refractivity contribution in [3.05, 3.63) is 36.3 Å². The number of allylic oxidation sites excluding steroid dienone is 6. The highest BCUT2D eigenvalue weighted by Gasteiger charge is 1.92. The molecular formula is C20H34O2. The van der Waals surface area contributed by atoms with E-state index in [1.807, 2.05) is 0 Å². The highest BCUT2D eigenvalue weighted by atomic mass is 16.4. The van der Waals surface area contributed by atoms with Crippen LogP contribution in [0.2, 0.25) is 0 Å². The molecular weight excluding hydrogens is 272 g/mol. The minimum Gasteiger partial charge on any atom is -0.481 e. The Morgan fingerprint density at radius 2 is 1.32 bits per heavy atom. The summed E-state index contributed by atoms with van der Waals surface area (Å²) in [5, 5.41) is 8.59. The maximum atomic E-state index is 10.5. The molecule has 0 heterocycles. The second kappa shape index (κ2) is 17.7. The van der Waals surface area contributed by atoms with Crippen molar-refractivity contribution in [1.29, 1.82) is 0 Å². The molecule has 0 rings (SSSR count). The average Bonchev–Trinajstić information content (AvgIpc) is 2.63. The van der Waals surface area contributed by atoms with Crippen molar-refractivity contribution in [2.75, 3.05) is 0 Å². The van der Waals surface area contributed by atoms with Crippen LogP contribution in [-0.4, -0.2) is 11.1 Å². The maximum absolute atomic E-state index is 10.5. The van der Waals surface area contributed by atoms with Gasteiger partial charge in [0.2, 0.25) is 0 Å². The summed E-state index contributed by atoms with van der Waals surface area (Å²) in [6.07, 6.45) is 7.21. The van der Waals surface area contributed by atoms with Crippen molar-refractivity contribution >= 4 is 5.97 Å². The largest absolute Gasteiger partial charge is 0.481 e. The van der Waals surface area contributed by atoms with E-state index in [9.17, 15) is 4.79 Å². The molecule has 0 radical (unpaired) electrons. The highest BCUT2D eigenvalue weighted by molar-refractivity contribution is 5.66. The highest BCUT2D eigenvalue weighted by Crippen LogP contribution is 2.07. The Labute approximate surface area is 145 Å². The van der Waals surface area contributed by atoms with Crippen molar-refractivity contribution < 1.29 is 18.1 Å². The van der Waals surface area contributed by atoms with Gasteiger partial charge in [-0.25, -0.2) is 0 Å². The van der Waals surface area contributed by atoms with Gasteiger partial charge in [0.15, 0.2) is 0 Å². The van der Waals surface area contributed by atoms with Gasteiger partial charge in [-0.1, -0.05) is 75.3 Å². The lowest BCUT2D eigenvalue weighted by Crippen LogP contribution is -1.92. The summed E-state index contributed by atoms with van der Waals surface area (Å²) in [6, 6.07) is -0.139. The number of rotatable bonds is 15. The Morgan fingerprint density at radius 3 is 1.91 bits per heavy atom. The molecule has 0 aliphatic heterocycles. The second-order valence-corrected chi connectivity index (χ2v) is 5.18. The normalized spacial score (nSPS) is 18.6. The molecule has 0 aromatic rings. The molecule has 0 unspecified atom stereocenters. The first-order valence-corrected chi connectivity index (χ1v) is 8.36. The Balaban J connectivity index is 4.58. The fraction of sp³-hybridized carbons (Fsp3) is 0.650. The molecule has 1 N–H and O–H groups in total. The van der Waals surface area contributed by atoms with Crippen LogP contribution in [0.1, 0.15) is 92.2 Å². The number of carbonyl (C=O) groups is 1. The van der Waals surface area contributed by atoms with Crippen molar-refractivity contribution in [3.63, 3.8) is 0 Å². The minimum atomic E-state index is -0.948. The van der Waals surface area contributed by atoms with Crippen LogP contribution in [0, 0.1) is 0 Å². The summed E-state index contributed by atoms with van der Waals surface area (Å²) in [6.45, 7) is 2.16. The van der Waals surface area contributed by atoms with Crippen molar-refractivity contribution in [3.8, 4) is 0 Å². The molecule has 0 aromatic carbocycles. The van der Waals surface area contributed by atoms with E-state index in [1.165, 1.54) is 19.3 Å². The SMILES string of the molecule is [2H]/C(CCCCCCCC)=C(/[2H])C/C([2H])=C(\[2H])C/C([2H])=C(\[2H])CCCC(=O)O. The van der Waals surface area contributed by atoms with Crippen molar-refractivity contribution in [1.82, 2.24) is 0 Å². The molecule has 0 aromatic heterocycles. The molecule has 0 saturated carbocycles. The molecule has 0 atom stereocenters. The predicted octanol–water partition coefficient (Wildman–Crippen LogP) is 6.44. The molecule has 22 heavy (non-hydrogen) atoms. The third-order valence-corrected chi connectivity index (χ3v) is 3.08. The summed E-state index contributed by atoms with van der Waals surface area (Å²) < 4.78 is 47.3. The Hall–Kier alpha value is -1.31. The standard InChI is InChI=1S/C20H34O2/c1-2-3-4-5-6-7-8-9-10-11-12-13-14-15-16-17-18-19-20(21)22/h9-10,12-13,15-16H,2-8,11,14,17-19H2,1H3,(H,21,22)/b10-9+,13-12+,16-15+/i9D,10D,12D,13D,15D,16D. The first-order chi connectivity index (χ1) is 13.2. The van der Waals surface area contributed by atoms with E-state index in [4.69, 9.17) is 13.3 Å². The average molecular weight is 313 g/mol. The van der Waals surface area contributed by atoms with Gasteiger partial charge in [-0.15, -0.1) is 0 Å². The van der Waals surface area contributed by atoms with E-state index in [0.717, 1.165) is 19.3 Å². The Kier molecular flexibility index (Phi) is 9.80. The van der Waals surface area contributed by atoms with Crippen LogP contribution in [0.3, 0.4) is 0 Å². The first kappa shape index (κ1) is 12.2. The fourth-order valence-corrected chi connectivity index (χ4v) is 1.84. The van der Waals surface area contributed by atoms with Gasteiger partial charge in [-0.3, -0.25) is 4.79 Å². The lowest BCUT2D eigenvalue weighted by Gasteiger charge is -1.97. The summed E-state index contributed by atoms with van der Waals surface area (Å²) in [4.78, 5) is 10.5. The zero-order valence-corrected chi connectivity index (χ0v) is 13.8. The molecule has 0 fully saturated rings. The fourth-order valence-electron chi connectivity index (χ4n) is 1.84. The third-order valence-electron chi connectivity index (χ3n) is 3.08. The molecule has 0 aliphatic rings. The molecule has 126 valence electrons. The van der Waals surface area contributed by atoms with E-state index in [2.05, 4.69) is 6.92 Å². The van der Waals surface area contributed by atoms with Crippen LogP contribution in [-0.2, 0) is 4.79 Å². The van der Waals surface area contributed by atoms with Gasteiger partial charge in [0.05, 0.1) is 8.22 Å². The smallest absolute Gasteiger partial charge is 0.303 e. The van der Waals surface area contributed by atoms with Crippen molar-refractivity contribution in [2.45, 2.75) is 84.0 Å². The van der Waals surface area contributed by atoms with Crippen LogP contribution in [0.15, 0.2) is 36.3 Å². The number of aliphatic carboxylic acids is 1. The lowest BCUT2D eigenvalue weighted by molar-refractivity contribution is -0.137. The monoisotopic (exact) mass is 312 g/mol. The maximum Gasteiger partial charge on any atom is 0.303 e. The lowest BCUT2D eigenvalue weighted by atomic mass is 10.1. The van der Waals surface area contributed by atoms with Gasteiger partial charge in [-0.05, 0) is 38.5 Å². The number of unbranched alkanes of at least 4 members (excludes halogenated alkanes) is 5. The van der Waals surface area contributed by atoms with E-state index in [0.29, 0.717) is 6.42 Å². The molecule has 0 amide bonds. The number of hydrogen-bond donors (Lipinski definition) is 1. The predicted molar refractivity (Wildman–Crippen MR) is 96.1 cm³/mol. The Morgan fingerprint density at radius 1 is 0.818 bits per heavy atom. The summed E-state index contributed by atoms with van der Waals surface area (Å²) >= 11 is 0. The van der Waals surface area contributed by atoms with Crippen LogP contribution >= 0.6 is 0 Å². The molecule has 2 nitrogen and oxygen atoms in total. The van der Waals surface area contributed by atoms with Crippen LogP contribution < -0.4 is 0 Å². The minimum absolute atomic E-state index is 0.0234. The van der Waals surface area contributed by atoms with Gasteiger partial charge in [0.25, 0.3) is 0 Å². The third kappa shape index (κ3) is 18.7. The number of hydrogen-bond acceptors (Lipinski definition) is 1. The van der Waals surface area contributed by atoms with Crippen LogP contribution in [0.25, 0.3) is 0 Å².